The molecule has 0 radical (unpaired) electrons. The smallest absolute Gasteiger partial charge is 0.272 e. The third kappa shape index (κ3) is 3.90. The van der Waals surface area contributed by atoms with Crippen molar-refractivity contribution in [3.63, 3.8) is 0 Å². The van der Waals surface area contributed by atoms with Crippen LogP contribution < -0.4 is 10.9 Å². The summed E-state index contributed by atoms with van der Waals surface area (Å²) in [6.07, 6.45) is 0.193. The number of benzene rings is 1. The van der Waals surface area contributed by atoms with E-state index in [-0.39, 0.29) is 35.4 Å². The number of rotatable bonds is 4. The second-order valence-electron chi connectivity index (χ2n) is 5.96. The number of amides is 2. The van der Waals surface area contributed by atoms with Crippen LogP contribution in [0.2, 0.25) is 0 Å². The first-order valence-electron chi connectivity index (χ1n) is 7.80. The molecule has 2 aromatic rings. The Bertz CT molecular complexity index is 863. The van der Waals surface area contributed by atoms with Crippen LogP contribution in [0.25, 0.3) is 0 Å². The second kappa shape index (κ2) is 6.84. The van der Waals surface area contributed by atoms with E-state index in [0.717, 1.165) is 10.2 Å². The Morgan fingerprint density at radius 3 is 2.64 bits per heavy atom. The first kappa shape index (κ1) is 16.8. The Hall–Kier alpha value is -3.03. The predicted octanol–water partition coefficient (Wildman–Crippen LogP) is 0.450. The first-order chi connectivity index (χ1) is 11.9. The summed E-state index contributed by atoms with van der Waals surface area (Å²) in [5.41, 5.74) is 0.631. The molecule has 1 N–H and O–H groups in total. The van der Waals surface area contributed by atoms with Crippen LogP contribution in [0.3, 0.4) is 0 Å². The molecule has 2 heterocycles. The highest BCUT2D eigenvalue weighted by Gasteiger charge is 2.31. The zero-order valence-electron chi connectivity index (χ0n) is 13.6. The van der Waals surface area contributed by atoms with Gasteiger partial charge in [-0.3, -0.25) is 14.4 Å². The number of aromatic nitrogens is 2. The summed E-state index contributed by atoms with van der Waals surface area (Å²) < 4.78 is 14.0. The molecule has 25 heavy (non-hydrogen) atoms. The van der Waals surface area contributed by atoms with Crippen molar-refractivity contribution < 1.29 is 14.0 Å². The minimum atomic E-state index is -0.433. The number of likely N-dealkylation sites (tertiary alicyclic amines) is 1. The molecule has 8 heteroatoms. The minimum absolute atomic E-state index is 0.0805. The molecular weight excluding hydrogens is 327 g/mol. The molecule has 1 aliphatic rings. The van der Waals surface area contributed by atoms with Gasteiger partial charge in [0.05, 0.1) is 6.04 Å². The number of nitrogens with one attached hydrogen (secondary N) is 1. The number of aryl methyl sites for hydroxylation is 1. The van der Waals surface area contributed by atoms with Crippen LogP contribution in [-0.2, 0) is 18.4 Å². The van der Waals surface area contributed by atoms with Gasteiger partial charge in [0.15, 0.2) is 0 Å². The van der Waals surface area contributed by atoms with Gasteiger partial charge in [-0.15, -0.1) is 0 Å². The second-order valence-corrected chi connectivity index (χ2v) is 5.96. The molecule has 1 aromatic carbocycles. The summed E-state index contributed by atoms with van der Waals surface area (Å²) in [7, 11) is 1.46. The van der Waals surface area contributed by atoms with Gasteiger partial charge in [-0.05, 0) is 23.8 Å². The summed E-state index contributed by atoms with van der Waals surface area (Å²) in [5.74, 6) is -0.841. The molecule has 1 fully saturated rings. The maximum atomic E-state index is 12.9. The van der Waals surface area contributed by atoms with Crippen LogP contribution in [0.5, 0.6) is 0 Å². The summed E-state index contributed by atoms with van der Waals surface area (Å²) in [6.45, 7) is 0.733. The van der Waals surface area contributed by atoms with Crippen LogP contribution in [-0.4, -0.2) is 39.1 Å². The Balaban J connectivity index is 1.62. The Morgan fingerprint density at radius 1 is 1.24 bits per heavy atom. The molecule has 0 bridgehead atoms. The SMILES string of the molecule is Cn1nc(C(=O)N[C@@H]2CC(=O)N(Cc3ccc(F)cc3)C2)ccc1=O. The molecule has 1 aliphatic heterocycles. The van der Waals surface area contributed by atoms with Crippen LogP contribution in [0.15, 0.2) is 41.2 Å². The van der Waals surface area contributed by atoms with Gasteiger partial charge in [0.2, 0.25) is 5.91 Å². The van der Waals surface area contributed by atoms with E-state index in [1.807, 2.05) is 0 Å². The lowest BCUT2D eigenvalue weighted by atomic mass is 10.2. The number of nitrogens with zero attached hydrogens (tertiary/aromatic N) is 3. The van der Waals surface area contributed by atoms with E-state index < -0.39 is 5.91 Å². The molecule has 1 saturated heterocycles. The fraction of sp³-hybridized carbons (Fsp3) is 0.294. The van der Waals surface area contributed by atoms with E-state index in [2.05, 4.69) is 10.4 Å². The van der Waals surface area contributed by atoms with E-state index >= 15 is 0 Å². The normalized spacial score (nSPS) is 17.0. The van der Waals surface area contributed by atoms with Crippen LogP contribution in [0, 0.1) is 5.82 Å². The van der Waals surface area contributed by atoms with Crippen molar-refractivity contribution in [2.24, 2.45) is 7.05 Å². The van der Waals surface area contributed by atoms with Crippen molar-refractivity contribution in [1.82, 2.24) is 20.0 Å². The monoisotopic (exact) mass is 344 g/mol. The standard InChI is InChI=1S/C17H17FN4O3/c1-21-15(23)7-6-14(20-21)17(25)19-13-8-16(24)22(10-13)9-11-2-4-12(18)5-3-11/h2-7,13H,8-10H2,1H3,(H,19,25)/t13-/m1/s1. The summed E-state index contributed by atoms with van der Waals surface area (Å²) in [5, 5.41) is 6.64. The van der Waals surface area contributed by atoms with Crippen LogP contribution >= 0.6 is 0 Å². The highest BCUT2D eigenvalue weighted by molar-refractivity contribution is 5.93. The molecule has 0 saturated carbocycles. The fourth-order valence-electron chi connectivity index (χ4n) is 2.71. The summed E-state index contributed by atoms with van der Waals surface area (Å²) >= 11 is 0. The van der Waals surface area contributed by atoms with Gasteiger partial charge < -0.3 is 10.2 Å². The van der Waals surface area contributed by atoms with Crippen molar-refractivity contribution in [1.29, 1.82) is 0 Å². The van der Waals surface area contributed by atoms with Crippen molar-refractivity contribution in [3.8, 4) is 0 Å². The van der Waals surface area contributed by atoms with Gasteiger partial charge >= 0.3 is 0 Å². The van der Waals surface area contributed by atoms with Crippen molar-refractivity contribution in [2.45, 2.75) is 19.0 Å². The topological polar surface area (TPSA) is 84.3 Å². The molecule has 0 spiro atoms. The molecule has 1 atom stereocenters. The van der Waals surface area contributed by atoms with Gasteiger partial charge in [0.1, 0.15) is 11.5 Å². The van der Waals surface area contributed by atoms with E-state index in [0.29, 0.717) is 13.1 Å². The maximum Gasteiger partial charge on any atom is 0.272 e. The Labute approximate surface area is 143 Å². The largest absolute Gasteiger partial charge is 0.346 e. The minimum Gasteiger partial charge on any atom is -0.346 e. The zero-order valence-corrected chi connectivity index (χ0v) is 13.6. The molecule has 2 amide bonds. The molecule has 1 aromatic heterocycles. The molecular formula is C17H17FN4O3. The Morgan fingerprint density at radius 2 is 1.96 bits per heavy atom. The van der Waals surface area contributed by atoms with Crippen molar-refractivity contribution in [3.05, 3.63) is 63.8 Å². The number of hydrogen-bond acceptors (Lipinski definition) is 4. The number of carbonyl (C=O) groups excluding carboxylic acids is 2. The zero-order chi connectivity index (χ0) is 18.0. The molecule has 7 nitrogen and oxygen atoms in total. The third-order valence-electron chi connectivity index (χ3n) is 4.03. The molecule has 0 aliphatic carbocycles. The average Bonchev–Trinajstić information content (AvgIpc) is 2.91. The Kier molecular flexibility index (Phi) is 4.60. The van der Waals surface area contributed by atoms with E-state index in [1.54, 1.807) is 17.0 Å². The van der Waals surface area contributed by atoms with Crippen LogP contribution in [0.1, 0.15) is 22.5 Å². The molecule has 130 valence electrons. The highest BCUT2D eigenvalue weighted by Crippen LogP contribution is 2.16. The van der Waals surface area contributed by atoms with E-state index in [9.17, 15) is 18.8 Å². The first-order valence-corrected chi connectivity index (χ1v) is 7.80. The molecule has 0 unspecified atom stereocenters. The summed E-state index contributed by atoms with van der Waals surface area (Å²) in [4.78, 5) is 37.3. The van der Waals surface area contributed by atoms with Gasteiger partial charge in [-0.2, -0.15) is 5.10 Å². The van der Waals surface area contributed by atoms with Crippen molar-refractivity contribution in [2.75, 3.05) is 6.54 Å². The van der Waals surface area contributed by atoms with Crippen molar-refractivity contribution >= 4 is 11.8 Å². The average molecular weight is 344 g/mol. The van der Waals surface area contributed by atoms with Gasteiger partial charge in [-0.25, -0.2) is 9.07 Å². The lowest BCUT2D eigenvalue weighted by Crippen LogP contribution is -2.38. The highest BCUT2D eigenvalue weighted by atomic mass is 19.1. The predicted molar refractivity (Wildman–Crippen MR) is 87.2 cm³/mol. The lowest BCUT2D eigenvalue weighted by Gasteiger charge is -2.17. The van der Waals surface area contributed by atoms with Crippen LogP contribution in [0.4, 0.5) is 4.39 Å². The van der Waals surface area contributed by atoms with Gasteiger partial charge in [0, 0.05) is 32.6 Å². The number of hydrogen-bond donors (Lipinski definition) is 1. The quantitative estimate of drug-likeness (QED) is 0.873. The molecule has 3 rings (SSSR count). The van der Waals surface area contributed by atoms with Gasteiger partial charge in [-0.1, -0.05) is 12.1 Å². The van der Waals surface area contributed by atoms with E-state index in [1.165, 1.54) is 31.3 Å². The fourth-order valence-corrected chi connectivity index (χ4v) is 2.71. The maximum absolute atomic E-state index is 12.9. The van der Waals surface area contributed by atoms with Gasteiger partial charge in [0.25, 0.3) is 11.5 Å². The number of carbonyl (C=O) groups is 2. The summed E-state index contributed by atoms with van der Waals surface area (Å²) in [6, 6.07) is 8.24. The number of halogens is 1. The third-order valence-corrected chi connectivity index (χ3v) is 4.03. The van der Waals surface area contributed by atoms with E-state index in [4.69, 9.17) is 0 Å². The lowest BCUT2D eigenvalue weighted by molar-refractivity contribution is -0.128.